The van der Waals surface area contributed by atoms with E-state index in [1.807, 2.05) is 31.2 Å². The topological polar surface area (TPSA) is 66.5 Å². The third kappa shape index (κ3) is 4.39. The molecule has 27 heavy (non-hydrogen) atoms. The van der Waals surface area contributed by atoms with Gasteiger partial charge in [-0.25, -0.2) is 8.42 Å². The van der Waals surface area contributed by atoms with Gasteiger partial charge in [-0.3, -0.25) is 4.79 Å². The third-order valence-corrected chi connectivity index (χ3v) is 6.83. The lowest BCUT2D eigenvalue weighted by atomic mass is 9.94. The first-order chi connectivity index (χ1) is 12.8. The van der Waals surface area contributed by atoms with Crippen molar-refractivity contribution in [2.75, 3.05) is 18.4 Å². The van der Waals surface area contributed by atoms with Crippen LogP contribution in [0, 0.1) is 18.8 Å². The summed E-state index contributed by atoms with van der Waals surface area (Å²) in [5.41, 5.74) is 2.14. The minimum absolute atomic E-state index is 0.233. The summed E-state index contributed by atoms with van der Waals surface area (Å²) in [4.78, 5) is 12.7. The van der Waals surface area contributed by atoms with Gasteiger partial charge in [-0.2, -0.15) is 4.31 Å². The molecular formula is C21H26N2O3S. The highest BCUT2D eigenvalue weighted by molar-refractivity contribution is 7.89. The molecule has 1 saturated heterocycles. The number of sulfonamides is 1. The van der Waals surface area contributed by atoms with E-state index in [0.717, 1.165) is 17.7 Å². The van der Waals surface area contributed by atoms with Gasteiger partial charge in [0, 0.05) is 24.3 Å². The van der Waals surface area contributed by atoms with Crippen LogP contribution in [0.4, 0.5) is 5.69 Å². The van der Waals surface area contributed by atoms with Gasteiger partial charge in [-0.1, -0.05) is 32.0 Å². The van der Waals surface area contributed by atoms with E-state index < -0.39 is 10.0 Å². The zero-order valence-electron chi connectivity index (χ0n) is 16.0. The smallest absolute Gasteiger partial charge is 0.255 e. The molecule has 0 bridgehead atoms. The first-order valence-corrected chi connectivity index (χ1v) is 10.7. The van der Waals surface area contributed by atoms with Crippen molar-refractivity contribution in [1.82, 2.24) is 4.31 Å². The Hall–Kier alpha value is -2.18. The second-order valence-electron chi connectivity index (χ2n) is 7.56. The van der Waals surface area contributed by atoms with Gasteiger partial charge in [0.1, 0.15) is 0 Å². The van der Waals surface area contributed by atoms with Crippen LogP contribution in [-0.4, -0.2) is 31.7 Å². The SMILES string of the molecule is Cc1ccccc1NC(=O)c1ccc(S(=O)(=O)N2CC(C)CC(C)C2)cc1. The first kappa shape index (κ1) is 19.6. The molecule has 3 rings (SSSR count). The molecule has 2 aromatic carbocycles. The molecule has 0 radical (unpaired) electrons. The Morgan fingerprint density at radius 3 is 2.19 bits per heavy atom. The van der Waals surface area contributed by atoms with Crippen LogP contribution in [0.1, 0.15) is 36.2 Å². The van der Waals surface area contributed by atoms with Gasteiger partial charge in [-0.15, -0.1) is 0 Å². The van der Waals surface area contributed by atoms with E-state index in [1.165, 1.54) is 12.1 Å². The number of amides is 1. The zero-order valence-corrected chi connectivity index (χ0v) is 16.8. The van der Waals surface area contributed by atoms with Crippen molar-refractivity contribution in [2.24, 2.45) is 11.8 Å². The number of para-hydroxylation sites is 1. The fraction of sp³-hybridized carbons (Fsp3) is 0.381. The fourth-order valence-corrected chi connectivity index (χ4v) is 5.32. The number of nitrogens with one attached hydrogen (secondary N) is 1. The number of carbonyl (C=O) groups is 1. The van der Waals surface area contributed by atoms with E-state index in [4.69, 9.17) is 0 Å². The van der Waals surface area contributed by atoms with Gasteiger partial charge >= 0.3 is 0 Å². The standard InChI is InChI=1S/C21H26N2O3S/c1-15-12-16(2)14-23(13-15)27(25,26)19-10-8-18(9-11-19)21(24)22-20-7-5-4-6-17(20)3/h4-11,15-16H,12-14H2,1-3H3,(H,22,24). The number of benzene rings is 2. The van der Waals surface area contributed by atoms with Gasteiger partial charge in [0.25, 0.3) is 5.91 Å². The molecule has 0 saturated carbocycles. The van der Waals surface area contributed by atoms with Gasteiger partial charge in [0.05, 0.1) is 4.90 Å². The summed E-state index contributed by atoms with van der Waals surface area (Å²) in [6.45, 7) is 7.17. The molecule has 6 heteroatoms. The zero-order chi connectivity index (χ0) is 19.6. The highest BCUT2D eigenvalue weighted by Crippen LogP contribution is 2.27. The second kappa shape index (κ2) is 7.82. The molecule has 1 N–H and O–H groups in total. The summed E-state index contributed by atoms with van der Waals surface area (Å²) in [5, 5.41) is 2.86. The molecule has 2 unspecified atom stereocenters. The first-order valence-electron chi connectivity index (χ1n) is 9.24. The summed E-state index contributed by atoms with van der Waals surface area (Å²) in [7, 11) is -3.53. The minimum atomic E-state index is -3.53. The molecule has 1 amide bonds. The van der Waals surface area contributed by atoms with Crippen LogP contribution in [0.15, 0.2) is 53.4 Å². The van der Waals surface area contributed by atoms with E-state index in [2.05, 4.69) is 19.2 Å². The van der Waals surface area contributed by atoms with Crippen LogP contribution in [0.2, 0.25) is 0 Å². The Morgan fingerprint density at radius 1 is 1.00 bits per heavy atom. The van der Waals surface area contributed by atoms with Gasteiger partial charge < -0.3 is 5.32 Å². The third-order valence-electron chi connectivity index (χ3n) is 4.98. The second-order valence-corrected chi connectivity index (χ2v) is 9.50. The normalized spacial score (nSPS) is 21.0. The number of piperidine rings is 1. The molecule has 0 spiro atoms. The number of rotatable bonds is 4. The van der Waals surface area contributed by atoms with Crippen LogP contribution in [0.3, 0.4) is 0 Å². The maximum Gasteiger partial charge on any atom is 0.255 e. The summed E-state index contributed by atoms with van der Waals surface area (Å²) in [6.07, 6.45) is 1.05. The lowest BCUT2D eigenvalue weighted by molar-refractivity contribution is 0.102. The van der Waals surface area contributed by atoms with Crippen molar-refractivity contribution in [3.05, 3.63) is 59.7 Å². The molecule has 144 valence electrons. The number of anilines is 1. The van der Waals surface area contributed by atoms with Crippen LogP contribution >= 0.6 is 0 Å². The van der Waals surface area contributed by atoms with Gasteiger partial charge in [0.15, 0.2) is 0 Å². The molecule has 1 heterocycles. The van der Waals surface area contributed by atoms with E-state index in [0.29, 0.717) is 30.5 Å². The molecule has 5 nitrogen and oxygen atoms in total. The van der Waals surface area contributed by atoms with Crippen LogP contribution in [-0.2, 0) is 10.0 Å². The number of nitrogens with zero attached hydrogens (tertiary/aromatic N) is 1. The highest BCUT2D eigenvalue weighted by Gasteiger charge is 2.31. The Bertz CT molecular complexity index is 913. The highest BCUT2D eigenvalue weighted by atomic mass is 32.2. The number of hydrogen-bond donors (Lipinski definition) is 1. The van der Waals surface area contributed by atoms with Crippen molar-refractivity contribution in [3.63, 3.8) is 0 Å². The van der Waals surface area contributed by atoms with Crippen molar-refractivity contribution >= 4 is 21.6 Å². The quantitative estimate of drug-likeness (QED) is 0.866. The lowest BCUT2D eigenvalue weighted by Crippen LogP contribution is -2.42. The molecular weight excluding hydrogens is 360 g/mol. The predicted molar refractivity (Wildman–Crippen MR) is 107 cm³/mol. The average molecular weight is 387 g/mol. The summed E-state index contributed by atoms with van der Waals surface area (Å²) < 4.78 is 27.4. The molecule has 0 aromatic heterocycles. The Kier molecular flexibility index (Phi) is 5.67. The number of hydrogen-bond acceptors (Lipinski definition) is 3. The van der Waals surface area contributed by atoms with Crippen LogP contribution in [0.25, 0.3) is 0 Å². The van der Waals surface area contributed by atoms with Gasteiger partial charge in [-0.05, 0) is 61.1 Å². The van der Waals surface area contributed by atoms with E-state index in [-0.39, 0.29) is 10.8 Å². The molecule has 1 fully saturated rings. The van der Waals surface area contributed by atoms with Gasteiger partial charge in [0.2, 0.25) is 10.0 Å². The predicted octanol–water partition coefficient (Wildman–Crippen LogP) is 3.91. The fourth-order valence-electron chi connectivity index (χ4n) is 3.64. The largest absolute Gasteiger partial charge is 0.322 e. The van der Waals surface area contributed by atoms with Crippen molar-refractivity contribution < 1.29 is 13.2 Å². The van der Waals surface area contributed by atoms with Crippen LogP contribution in [0.5, 0.6) is 0 Å². The maximum absolute atomic E-state index is 12.9. The molecule has 1 aliphatic rings. The molecule has 2 atom stereocenters. The minimum Gasteiger partial charge on any atom is -0.322 e. The average Bonchev–Trinajstić information content (AvgIpc) is 2.63. The maximum atomic E-state index is 12.9. The Balaban J connectivity index is 1.76. The summed E-state index contributed by atoms with van der Waals surface area (Å²) in [6, 6.07) is 13.7. The van der Waals surface area contributed by atoms with E-state index in [9.17, 15) is 13.2 Å². The monoisotopic (exact) mass is 386 g/mol. The van der Waals surface area contributed by atoms with Crippen molar-refractivity contribution in [3.8, 4) is 0 Å². The molecule has 0 aliphatic carbocycles. The Labute approximate surface area is 161 Å². The number of carbonyl (C=O) groups excluding carboxylic acids is 1. The summed E-state index contributed by atoms with van der Waals surface area (Å²) >= 11 is 0. The van der Waals surface area contributed by atoms with E-state index in [1.54, 1.807) is 16.4 Å². The van der Waals surface area contributed by atoms with E-state index >= 15 is 0 Å². The molecule has 1 aliphatic heterocycles. The summed E-state index contributed by atoms with van der Waals surface area (Å²) in [5.74, 6) is 0.443. The molecule has 2 aromatic rings. The number of aryl methyl sites for hydroxylation is 1. The van der Waals surface area contributed by atoms with Crippen molar-refractivity contribution in [2.45, 2.75) is 32.1 Å². The van der Waals surface area contributed by atoms with Crippen LogP contribution < -0.4 is 5.32 Å². The Morgan fingerprint density at radius 2 is 1.59 bits per heavy atom. The lowest BCUT2D eigenvalue weighted by Gasteiger charge is -2.34. The van der Waals surface area contributed by atoms with Crippen molar-refractivity contribution in [1.29, 1.82) is 0 Å².